The lowest BCUT2D eigenvalue weighted by Crippen LogP contribution is -2.28. The van der Waals surface area contributed by atoms with E-state index in [4.69, 9.17) is 0 Å². The first-order valence-electron chi connectivity index (χ1n) is 5.73. The summed E-state index contributed by atoms with van der Waals surface area (Å²) in [6, 6.07) is 0.938. The van der Waals surface area contributed by atoms with Crippen LogP contribution in [0, 0.1) is 13.8 Å². The van der Waals surface area contributed by atoms with Gasteiger partial charge in [-0.15, -0.1) is 0 Å². The van der Waals surface area contributed by atoms with Gasteiger partial charge in [-0.2, -0.15) is 5.10 Å². The van der Waals surface area contributed by atoms with Gasteiger partial charge in [-0.25, -0.2) is 0 Å². The van der Waals surface area contributed by atoms with Gasteiger partial charge in [0.25, 0.3) is 0 Å². The molecule has 0 fully saturated rings. The molecule has 0 bridgehead atoms. The topological polar surface area (TPSA) is 29.9 Å². The van der Waals surface area contributed by atoms with Crippen LogP contribution in [0.1, 0.15) is 50.2 Å². The van der Waals surface area contributed by atoms with Crippen molar-refractivity contribution in [3.63, 3.8) is 0 Å². The third-order valence-corrected chi connectivity index (χ3v) is 3.14. The fourth-order valence-corrected chi connectivity index (χ4v) is 2.04. The van der Waals surface area contributed by atoms with E-state index < -0.39 is 0 Å². The van der Waals surface area contributed by atoms with Crippen LogP contribution in [0.3, 0.4) is 0 Å². The van der Waals surface area contributed by atoms with Gasteiger partial charge in [-0.3, -0.25) is 4.68 Å². The molecule has 0 aliphatic carbocycles. The second-order valence-electron chi connectivity index (χ2n) is 4.41. The van der Waals surface area contributed by atoms with Crippen LogP contribution in [0.25, 0.3) is 0 Å². The van der Waals surface area contributed by atoms with Gasteiger partial charge < -0.3 is 5.32 Å². The molecule has 0 aromatic carbocycles. The van der Waals surface area contributed by atoms with Crippen LogP contribution >= 0.6 is 0 Å². The number of aryl methyl sites for hydroxylation is 2. The Bertz CT molecular complexity index is 328. The molecule has 1 heterocycles. The molecule has 0 spiro atoms. The molecule has 1 aromatic heterocycles. The highest BCUT2D eigenvalue weighted by Crippen LogP contribution is 2.21. The molecule has 2 unspecified atom stereocenters. The first-order valence-corrected chi connectivity index (χ1v) is 5.73. The van der Waals surface area contributed by atoms with Crippen LogP contribution in [0.5, 0.6) is 0 Å². The van der Waals surface area contributed by atoms with E-state index in [2.05, 4.69) is 45.0 Å². The Morgan fingerprint density at radius 1 is 1.33 bits per heavy atom. The minimum absolute atomic E-state index is 0.383. The first-order chi connectivity index (χ1) is 6.97. The van der Waals surface area contributed by atoms with Crippen molar-refractivity contribution in [2.45, 2.75) is 53.1 Å². The maximum Gasteiger partial charge on any atom is 0.0644 e. The number of hydrogen-bond acceptors (Lipinski definition) is 2. The van der Waals surface area contributed by atoms with Gasteiger partial charge in [0.2, 0.25) is 0 Å². The molecule has 1 aromatic rings. The third kappa shape index (κ3) is 2.59. The highest BCUT2D eigenvalue weighted by molar-refractivity contribution is 5.27. The van der Waals surface area contributed by atoms with Crippen LogP contribution in [0.4, 0.5) is 0 Å². The van der Waals surface area contributed by atoms with Crippen LogP contribution in [-0.4, -0.2) is 15.8 Å². The zero-order valence-electron chi connectivity index (χ0n) is 10.8. The van der Waals surface area contributed by atoms with Crippen molar-refractivity contribution in [1.82, 2.24) is 15.1 Å². The Morgan fingerprint density at radius 3 is 2.33 bits per heavy atom. The maximum atomic E-state index is 4.44. The molecule has 0 radical (unpaired) electrons. The summed E-state index contributed by atoms with van der Waals surface area (Å²) in [6.45, 7) is 10.8. The Labute approximate surface area is 92.9 Å². The smallest absolute Gasteiger partial charge is 0.0644 e. The Hall–Kier alpha value is -0.830. The Morgan fingerprint density at radius 2 is 1.93 bits per heavy atom. The minimum Gasteiger partial charge on any atom is -0.308 e. The van der Waals surface area contributed by atoms with E-state index in [-0.39, 0.29) is 0 Å². The van der Waals surface area contributed by atoms with E-state index in [1.807, 2.05) is 11.7 Å². The van der Waals surface area contributed by atoms with Crippen molar-refractivity contribution in [3.8, 4) is 0 Å². The van der Waals surface area contributed by atoms with E-state index in [1.165, 1.54) is 11.3 Å². The molecule has 0 aliphatic rings. The van der Waals surface area contributed by atoms with Crippen molar-refractivity contribution < 1.29 is 0 Å². The van der Waals surface area contributed by atoms with Crippen molar-refractivity contribution in [2.24, 2.45) is 7.05 Å². The molecule has 0 saturated carbocycles. The molecule has 86 valence electrons. The average Bonchev–Trinajstić information content (AvgIpc) is 2.41. The van der Waals surface area contributed by atoms with Gasteiger partial charge in [-0.05, 0) is 34.1 Å². The maximum absolute atomic E-state index is 4.44. The lowest BCUT2D eigenvalue weighted by Gasteiger charge is -2.19. The van der Waals surface area contributed by atoms with E-state index >= 15 is 0 Å². The number of nitrogens with zero attached hydrogens (tertiary/aromatic N) is 2. The number of aromatic nitrogens is 2. The molecule has 1 rings (SSSR count). The molecule has 3 heteroatoms. The summed E-state index contributed by atoms with van der Waals surface area (Å²) in [6.07, 6.45) is 1.16. The van der Waals surface area contributed by atoms with Crippen LogP contribution in [0.2, 0.25) is 0 Å². The summed E-state index contributed by atoms with van der Waals surface area (Å²) in [5.74, 6) is 0. The molecule has 15 heavy (non-hydrogen) atoms. The number of nitrogens with one attached hydrogen (secondary N) is 1. The summed E-state index contributed by atoms with van der Waals surface area (Å²) in [5.41, 5.74) is 3.74. The first kappa shape index (κ1) is 12.2. The molecular weight excluding hydrogens is 186 g/mol. The zero-order valence-corrected chi connectivity index (χ0v) is 10.8. The predicted molar refractivity (Wildman–Crippen MR) is 64.0 cm³/mol. The lowest BCUT2D eigenvalue weighted by atomic mass is 10.1. The number of hydrogen-bond donors (Lipinski definition) is 1. The molecule has 0 saturated heterocycles. The molecule has 0 aliphatic heterocycles. The predicted octanol–water partition coefficient (Wildman–Crippen LogP) is 2.49. The fourth-order valence-electron chi connectivity index (χ4n) is 2.04. The average molecular weight is 209 g/mol. The normalized spacial score (nSPS) is 15.3. The van der Waals surface area contributed by atoms with Gasteiger partial charge >= 0.3 is 0 Å². The van der Waals surface area contributed by atoms with Gasteiger partial charge in [-0.1, -0.05) is 6.92 Å². The van der Waals surface area contributed by atoms with Crippen molar-refractivity contribution in [1.29, 1.82) is 0 Å². The summed E-state index contributed by atoms with van der Waals surface area (Å²) in [4.78, 5) is 0. The van der Waals surface area contributed by atoms with Crippen LogP contribution < -0.4 is 5.32 Å². The monoisotopic (exact) mass is 209 g/mol. The lowest BCUT2D eigenvalue weighted by molar-refractivity contribution is 0.466. The van der Waals surface area contributed by atoms with E-state index in [9.17, 15) is 0 Å². The summed E-state index contributed by atoms with van der Waals surface area (Å²) in [7, 11) is 2.00. The number of rotatable bonds is 4. The van der Waals surface area contributed by atoms with Gasteiger partial charge in [0.15, 0.2) is 0 Å². The standard InChI is InChI=1S/C12H23N3/c1-7-8(2)13-9(3)12-10(4)14-15(6)11(12)5/h8-9,13H,7H2,1-6H3. The highest BCUT2D eigenvalue weighted by Gasteiger charge is 2.16. The van der Waals surface area contributed by atoms with Crippen molar-refractivity contribution in [3.05, 3.63) is 17.0 Å². The highest BCUT2D eigenvalue weighted by atomic mass is 15.3. The fraction of sp³-hybridized carbons (Fsp3) is 0.750. The van der Waals surface area contributed by atoms with E-state index in [0.29, 0.717) is 12.1 Å². The second kappa shape index (κ2) is 4.79. The van der Waals surface area contributed by atoms with Gasteiger partial charge in [0, 0.05) is 30.4 Å². The zero-order chi connectivity index (χ0) is 11.6. The minimum atomic E-state index is 0.383. The van der Waals surface area contributed by atoms with Gasteiger partial charge in [0.05, 0.1) is 5.69 Å². The van der Waals surface area contributed by atoms with E-state index in [1.54, 1.807) is 0 Å². The van der Waals surface area contributed by atoms with E-state index in [0.717, 1.165) is 12.1 Å². The van der Waals surface area contributed by atoms with Crippen molar-refractivity contribution >= 4 is 0 Å². The van der Waals surface area contributed by atoms with Crippen molar-refractivity contribution in [2.75, 3.05) is 0 Å². The third-order valence-electron chi connectivity index (χ3n) is 3.14. The quantitative estimate of drug-likeness (QED) is 0.825. The molecule has 1 N–H and O–H groups in total. The Kier molecular flexibility index (Phi) is 3.91. The van der Waals surface area contributed by atoms with Gasteiger partial charge in [0.1, 0.15) is 0 Å². The summed E-state index contributed by atoms with van der Waals surface area (Å²) >= 11 is 0. The molecule has 2 atom stereocenters. The van der Waals surface area contributed by atoms with Crippen LogP contribution in [-0.2, 0) is 7.05 Å². The summed E-state index contributed by atoms with van der Waals surface area (Å²) in [5, 5.41) is 8.03. The molecule has 3 nitrogen and oxygen atoms in total. The largest absolute Gasteiger partial charge is 0.308 e. The molecule has 0 amide bonds. The molecular formula is C12H23N3. The SMILES string of the molecule is CCC(C)NC(C)c1c(C)nn(C)c1C. The second-order valence-corrected chi connectivity index (χ2v) is 4.41. The Balaban J connectivity index is 2.86. The van der Waals surface area contributed by atoms with Crippen LogP contribution in [0.15, 0.2) is 0 Å². The summed E-state index contributed by atoms with van der Waals surface area (Å²) < 4.78 is 1.96.